The maximum atomic E-state index is 9.74. The lowest BCUT2D eigenvalue weighted by Gasteiger charge is -2.08. The SMILES string of the molecule is CC(C)(O)C#Cc1ccc(-n2c3ccccc3c3ccccc32)cc1. The van der Waals surface area contributed by atoms with Crippen LogP contribution in [0.2, 0.25) is 0 Å². The molecule has 0 saturated heterocycles. The van der Waals surface area contributed by atoms with Crippen molar-refractivity contribution in [2.45, 2.75) is 19.4 Å². The number of rotatable bonds is 1. The van der Waals surface area contributed by atoms with Gasteiger partial charge in [0.1, 0.15) is 5.60 Å². The lowest BCUT2D eigenvalue weighted by atomic mass is 10.1. The van der Waals surface area contributed by atoms with Gasteiger partial charge in [0.15, 0.2) is 0 Å². The highest BCUT2D eigenvalue weighted by molar-refractivity contribution is 6.09. The fourth-order valence-corrected chi connectivity index (χ4v) is 3.12. The van der Waals surface area contributed by atoms with Gasteiger partial charge in [0.25, 0.3) is 0 Å². The summed E-state index contributed by atoms with van der Waals surface area (Å²) in [5.41, 5.74) is 3.40. The standard InChI is InChI=1S/C23H19NO/c1-23(2,25)16-15-17-11-13-18(14-12-17)24-21-9-5-3-7-19(21)20-8-4-6-10-22(20)24/h3-14,25H,1-2H3. The molecule has 0 atom stereocenters. The van der Waals surface area contributed by atoms with E-state index in [4.69, 9.17) is 0 Å². The Balaban J connectivity index is 1.88. The maximum Gasteiger partial charge on any atom is 0.120 e. The van der Waals surface area contributed by atoms with E-state index >= 15 is 0 Å². The van der Waals surface area contributed by atoms with Gasteiger partial charge in [-0.05, 0) is 50.2 Å². The van der Waals surface area contributed by atoms with Gasteiger partial charge >= 0.3 is 0 Å². The molecule has 25 heavy (non-hydrogen) atoms. The molecule has 4 aromatic rings. The summed E-state index contributed by atoms with van der Waals surface area (Å²) < 4.78 is 2.28. The van der Waals surface area contributed by atoms with Crippen molar-refractivity contribution in [1.29, 1.82) is 0 Å². The Bertz CT molecular complexity index is 1060. The molecule has 0 fully saturated rings. The number of benzene rings is 3. The van der Waals surface area contributed by atoms with Crippen LogP contribution < -0.4 is 0 Å². The zero-order chi connectivity index (χ0) is 17.4. The van der Waals surface area contributed by atoms with E-state index in [2.05, 4.69) is 77.1 Å². The Morgan fingerprint density at radius 3 is 1.80 bits per heavy atom. The van der Waals surface area contributed by atoms with Gasteiger partial charge in [-0.2, -0.15) is 0 Å². The first-order chi connectivity index (χ1) is 12.0. The average molecular weight is 325 g/mol. The molecule has 1 aromatic heterocycles. The molecule has 0 aliphatic carbocycles. The van der Waals surface area contributed by atoms with E-state index in [9.17, 15) is 5.11 Å². The van der Waals surface area contributed by atoms with E-state index in [0.717, 1.165) is 11.3 Å². The molecular formula is C23H19NO. The first-order valence-corrected chi connectivity index (χ1v) is 8.37. The van der Waals surface area contributed by atoms with Gasteiger partial charge < -0.3 is 9.67 Å². The monoisotopic (exact) mass is 325 g/mol. The molecule has 1 heterocycles. The summed E-state index contributed by atoms with van der Waals surface area (Å²) in [5.74, 6) is 5.87. The van der Waals surface area contributed by atoms with Crippen molar-refractivity contribution in [2.24, 2.45) is 0 Å². The lowest BCUT2D eigenvalue weighted by Crippen LogP contribution is -2.14. The highest BCUT2D eigenvalue weighted by Crippen LogP contribution is 2.31. The van der Waals surface area contributed by atoms with Crippen molar-refractivity contribution in [3.63, 3.8) is 0 Å². The minimum atomic E-state index is -0.981. The van der Waals surface area contributed by atoms with Crippen LogP contribution in [-0.2, 0) is 0 Å². The molecule has 0 spiro atoms. The number of fused-ring (bicyclic) bond motifs is 3. The Labute approximate surface area is 147 Å². The first-order valence-electron chi connectivity index (χ1n) is 8.37. The number of aromatic nitrogens is 1. The fraction of sp³-hybridized carbons (Fsp3) is 0.130. The van der Waals surface area contributed by atoms with E-state index in [1.165, 1.54) is 21.8 Å². The molecule has 0 amide bonds. The molecule has 0 bridgehead atoms. The molecule has 0 radical (unpaired) electrons. The van der Waals surface area contributed by atoms with Crippen molar-refractivity contribution >= 4 is 21.8 Å². The molecule has 122 valence electrons. The Morgan fingerprint density at radius 2 is 1.28 bits per heavy atom. The number of aliphatic hydroxyl groups is 1. The number of hydrogen-bond acceptors (Lipinski definition) is 1. The summed E-state index contributed by atoms with van der Waals surface area (Å²) in [6, 6.07) is 25.1. The topological polar surface area (TPSA) is 25.2 Å². The second-order valence-corrected chi connectivity index (χ2v) is 6.73. The van der Waals surface area contributed by atoms with Crippen molar-refractivity contribution in [1.82, 2.24) is 4.57 Å². The second-order valence-electron chi connectivity index (χ2n) is 6.73. The van der Waals surface area contributed by atoms with Gasteiger partial charge in [-0.25, -0.2) is 0 Å². The molecule has 1 N–H and O–H groups in total. The maximum absolute atomic E-state index is 9.74. The molecular weight excluding hydrogens is 306 g/mol. The molecule has 0 aliphatic rings. The minimum absolute atomic E-state index is 0.895. The third-order valence-corrected chi connectivity index (χ3v) is 4.22. The Hall–Kier alpha value is -3.02. The van der Waals surface area contributed by atoms with Crippen LogP contribution >= 0.6 is 0 Å². The Kier molecular flexibility index (Phi) is 3.60. The minimum Gasteiger partial charge on any atom is -0.378 e. The van der Waals surface area contributed by atoms with Crippen LogP contribution in [0.4, 0.5) is 0 Å². The van der Waals surface area contributed by atoms with E-state index in [1.807, 2.05) is 12.1 Å². The number of para-hydroxylation sites is 2. The smallest absolute Gasteiger partial charge is 0.120 e. The zero-order valence-corrected chi connectivity index (χ0v) is 14.3. The van der Waals surface area contributed by atoms with Crippen molar-refractivity contribution < 1.29 is 5.11 Å². The average Bonchev–Trinajstić information content (AvgIpc) is 2.94. The van der Waals surface area contributed by atoms with Crippen LogP contribution in [0.1, 0.15) is 19.4 Å². The summed E-state index contributed by atoms with van der Waals surface area (Å²) >= 11 is 0. The third-order valence-electron chi connectivity index (χ3n) is 4.22. The van der Waals surface area contributed by atoms with E-state index in [0.29, 0.717) is 0 Å². The zero-order valence-electron chi connectivity index (χ0n) is 14.3. The van der Waals surface area contributed by atoms with E-state index < -0.39 is 5.60 Å². The van der Waals surface area contributed by atoms with E-state index in [1.54, 1.807) is 13.8 Å². The van der Waals surface area contributed by atoms with E-state index in [-0.39, 0.29) is 0 Å². The van der Waals surface area contributed by atoms with Crippen LogP contribution in [0, 0.1) is 11.8 Å². The van der Waals surface area contributed by atoms with Gasteiger partial charge in [0.05, 0.1) is 11.0 Å². The van der Waals surface area contributed by atoms with Crippen LogP contribution in [0.5, 0.6) is 0 Å². The fourth-order valence-electron chi connectivity index (χ4n) is 3.12. The van der Waals surface area contributed by atoms with Crippen LogP contribution in [0.15, 0.2) is 72.8 Å². The third kappa shape index (κ3) is 2.91. The predicted octanol–water partition coefficient (Wildman–Crippen LogP) is 4.91. The number of hydrogen-bond donors (Lipinski definition) is 1. The van der Waals surface area contributed by atoms with Crippen LogP contribution in [-0.4, -0.2) is 15.3 Å². The summed E-state index contributed by atoms with van der Waals surface area (Å²) in [6.45, 7) is 3.37. The normalized spacial score (nSPS) is 11.5. The van der Waals surface area contributed by atoms with Crippen LogP contribution in [0.3, 0.4) is 0 Å². The molecule has 0 aliphatic heterocycles. The Morgan fingerprint density at radius 1 is 0.760 bits per heavy atom. The molecule has 0 saturated carbocycles. The van der Waals surface area contributed by atoms with Gasteiger partial charge in [0, 0.05) is 22.0 Å². The molecule has 0 unspecified atom stereocenters. The van der Waals surface area contributed by atoms with Gasteiger partial charge in [-0.3, -0.25) is 0 Å². The largest absolute Gasteiger partial charge is 0.378 e. The van der Waals surface area contributed by atoms with Crippen molar-refractivity contribution in [3.05, 3.63) is 78.4 Å². The summed E-state index contributed by atoms with van der Waals surface area (Å²) in [6.07, 6.45) is 0. The van der Waals surface area contributed by atoms with Crippen LogP contribution in [0.25, 0.3) is 27.5 Å². The van der Waals surface area contributed by atoms with Crippen molar-refractivity contribution in [3.8, 4) is 17.5 Å². The second kappa shape index (κ2) is 5.81. The highest BCUT2D eigenvalue weighted by Gasteiger charge is 2.11. The summed E-state index contributed by atoms with van der Waals surface area (Å²) in [7, 11) is 0. The first kappa shape index (κ1) is 15.5. The van der Waals surface area contributed by atoms with Gasteiger partial charge in [-0.1, -0.05) is 48.2 Å². The molecule has 4 rings (SSSR count). The van der Waals surface area contributed by atoms with Gasteiger partial charge in [0.2, 0.25) is 0 Å². The van der Waals surface area contributed by atoms with Gasteiger partial charge in [-0.15, -0.1) is 0 Å². The lowest BCUT2D eigenvalue weighted by molar-refractivity contribution is 0.143. The quantitative estimate of drug-likeness (QED) is 0.494. The summed E-state index contributed by atoms with van der Waals surface area (Å²) in [4.78, 5) is 0. The number of nitrogens with zero attached hydrogens (tertiary/aromatic N) is 1. The molecule has 2 nitrogen and oxygen atoms in total. The highest BCUT2D eigenvalue weighted by atomic mass is 16.3. The van der Waals surface area contributed by atoms with Crippen molar-refractivity contribution in [2.75, 3.05) is 0 Å². The summed E-state index contributed by atoms with van der Waals surface area (Å²) in [5, 5.41) is 12.3. The molecule has 2 heteroatoms. The predicted molar refractivity (Wildman–Crippen MR) is 104 cm³/mol. The molecule has 3 aromatic carbocycles.